The molecule has 0 radical (unpaired) electrons. The highest BCUT2D eigenvalue weighted by Gasteiger charge is 2.41. The summed E-state index contributed by atoms with van der Waals surface area (Å²) in [6.45, 7) is 1.48. The predicted octanol–water partition coefficient (Wildman–Crippen LogP) is 0.857. The van der Waals surface area contributed by atoms with E-state index in [0.29, 0.717) is 26.3 Å². The van der Waals surface area contributed by atoms with E-state index in [0.717, 1.165) is 6.20 Å². The molecule has 1 rings (SSSR count). The Hall–Kier alpha value is -1.55. The summed E-state index contributed by atoms with van der Waals surface area (Å²) >= 11 is 0. The average Bonchev–Trinajstić information content (AvgIpc) is 2.25. The molecular formula is C9H9F3N2O2. The fourth-order valence-corrected chi connectivity index (χ4v) is 1.18. The second-order valence-electron chi connectivity index (χ2n) is 3.13. The molecule has 0 N–H and O–H groups in total. The molecule has 0 aromatic rings. The van der Waals surface area contributed by atoms with E-state index >= 15 is 0 Å². The van der Waals surface area contributed by atoms with Crippen molar-refractivity contribution in [2.24, 2.45) is 0 Å². The summed E-state index contributed by atoms with van der Waals surface area (Å²) in [5.41, 5.74) is -0.894. The Morgan fingerprint density at radius 2 is 1.94 bits per heavy atom. The number of nitriles is 1. The number of morpholine rings is 1. The standard InChI is InChI=1S/C9H9F3N2O2/c10-9(11,12)8(15)7(5-13)6-14-1-3-16-4-2-14/h6H,1-4H2/b7-6-. The summed E-state index contributed by atoms with van der Waals surface area (Å²) in [6.07, 6.45) is -4.06. The Bertz CT molecular complexity index is 338. The SMILES string of the molecule is N#C/C(=C/N1CCOCC1)C(=O)C(F)(F)F. The molecule has 1 aliphatic heterocycles. The normalized spacial score (nSPS) is 18.1. The molecule has 7 heteroatoms. The van der Waals surface area contributed by atoms with Gasteiger partial charge >= 0.3 is 6.18 Å². The average molecular weight is 234 g/mol. The number of nitrogens with zero attached hydrogens (tertiary/aromatic N) is 2. The third kappa shape index (κ3) is 3.24. The van der Waals surface area contributed by atoms with Crippen LogP contribution in [0.15, 0.2) is 11.8 Å². The maximum Gasteiger partial charge on any atom is 0.455 e. The van der Waals surface area contributed by atoms with Crippen molar-refractivity contribution in [2.45, 2.75) is 6.18 Å². The van der Waals surface area contributed by atoms with E-state index in [1.54, 1.807) is 0 Å². The molecule has 1 aliphatic rings. The number of Topliss-reactive ketones (excluding diaryl/α,β-unsaturated/α-hetero) is 1. The molecule has 0 amide bonds. The van der Waals surface area contributed by atoms with Gasteiger partial charge in [0.25, 0.3) is 5.78 Å². The molecule has 0 saturated carbocycles. The van der Waals surface area contributed by atoms with Crippen LogP contribution in [0.5, 0.6) is 0 Å². The van der Waals surface area contributed by atoms with Crippen molar-refractivity contribution in [3.8, 4) is 6.07 Å². The summed E-state index contributed by atoms with van der Waals surface area (Å²) in [4.78, 5) is 12.3. The lowest BCUT2D eigenvalue weighted by Gasteiger charge is -2.25. The van der Waals surface area contributed by atoms with Gasteiger partial charge in [0.15, 0.2) is 0 Å². The number of hydrogen-bond donors (Lipinski definition) is 0. The molecule has 0 atom stereocenters. The molecule has 0 spiro atoms. The van der Waals surface area contributed by atoms with Crippen LogP contribution in [0.1, 0.15) is 0 Å². The van der Waals surface area contributed by atoms with Crippen LogP contribution < -0.4 is 0 Å². The van der Waals surface area contributed by atoms with Gasteiger partial charge < -0.3 is 9.64 Å². The van der Waals surface area contributed by atoms with Crippen LogP contribution in [-0.4, -0.2) is 43.2 Å². The van der Waals surface area contributed by atoms with Crippen molar-refractivity contribution in [1.29, 1.82) is 5.26 Å². The van der Waals surface area contributed by atoms with Gasteiger partial charge in [-0.05, 0) is 0 Å². The van der Waals surface area contributed by atoms with E-state index in [9.17, 15) is 18.0 Å². The van der Waals surface area contributed by atoms with Crippen molar-refractivity contribution in [3.63, 3.8) is 0 Å². The number of ether oxygens (including phenoxy) is 1. The fraction of sp³-hybridized carbons (Fsp3) is 0.556. The molecular weight excluding hydrogens is 225 g/mol. The highest BCUT2D eigenvalue weighted by atomic mass is 19.4. The number of carbonyl (C=O) groups is 1. The fourth-order valence-electron chi connectivity index (χ4n) is 1.18. The first-order chi connectivity index (χ1) is 7.45. The van der Waals surface area contributed by atoms with Gasteiger partial charge in [-0.1, -0.05) is 0 Å². The van der Waals surface area contributed by atoms with Gasteiger partial charge in [-0.3, -0.25) is 4.79 Å². The van der Waals surface area contributed by atoms with E-state index < -0.39 is 17.5 Å². The van der Waals surface area contributed by atoms with Crippen LogP contribution in [0, 0.1) is 11.3 Å². The third-order valence-electron chi connectivity index (χ3n) is 1.98. The number of hydrogen-bond acceptors (Lipinski definition) is 4. The molecule has 1 saturated heterocycles. The van der Waals surface area contributed by atoms with Crippen molar-refractivity contribution in [1.82, 2.24) is 4.90 Å². The summed E-state index contributed by atoms with van der Waals surface area (Å²) in [5, 5.41) is 8.49. The summed E-state index contributed by atoms with van der Waals surface area (Å²) in [5.74, 6) is -2.11. The molecule has 0 aromatic heterocycles. The van der Waals surface area contributed by atoms with Crippen LogP contribution in [-0.2, 0) is 9.53 Å². The maximum absolute atomic E-state index is 12.1. The van der Waals surface area contributed by atoms with E-state index in [2.05, 4.69) is 0 Å². The van der Waals surface area contributed by atoms with E-state index in [-0.39, 0.29) is 0 Å². The molecule has 0 aromatic carbocycles. The Kier molecular flexibility index (Phi) is 3.90. The molecule has 4 nitrogen and oxygen atoms in total. The molecule has 1 heterocycles. The van der Waals surface area contributed by atoms with Crippen molar-refractivity contribution in [2.75, 3.05) is 26.3 Å². The predicted molar refractivity (Wildman–Crippen MR) is 47.2 cm³/mol. The van der Waals surface area contributed by atoms with Gasteiger partial charge in [0.05, 0.1) is 13.2 Å². The smallest absolute Gasteiger partial charge is 0.378 e. The number of rotatable bonds is 2. The zero-order valence-corrected chi connectivity index (χ0v) is 8.25. The van der Waals surface area contributed by atoms with Crippen LogP contribution >= 0.6 is 0 Å². The molecule has 0 aliphatic carbocycles. The van der Waals surface area contributed by atoms with Gasteiger partial charge in [0.2, 0.25) is 0 Å². The number of allylic oxidation sites excluding steroid dienone is 1. The van der Waals surface area contributed by atoms with E-state index in [1.165, 1.54) is 11.0 Å². The zero-order chi connectivity index (χ0) is 12.2. The number of alkyl halides is 3. The summed E-state index contributed by atoms with van der Waals surface area (Å²) in [7, 11) is 0. The Balaban J connectivity index is 2.77. The second kappa shape index (κ2) is 4.99. The highest BCUT2D eigenvalue weighted by Crippen LogP contribution is 2.20. The van der Waals surface area contributed by atoms with E-state index in [1.807, 2.05) is 0 Å². The lowest BCUT2D eigenvalue weighted by Crippen LogP contribution is -2.34. The van der Waals surface area contributed by atoms with Crippen molar-refractivity contribution < 1.29 is 22.7 Å². The topological polar surface area (TPSA) is 53.3 Å². The minimum atomic E-state index is -5.01. The minimum Gasteiger partial charge on any atom is -0.378 e. The molecule has 0 unspecified atom stereocenters. The van der Waals surface area contributed by atoms with Gasteiger partial charge in [0, 0.05) is 19.3 Å². The van der Waals surface area contributed by atoms with Crippen LogP contribution in [0.4, 0.5) is 13.2 Å². The van der Waals surface area contributed by atoms with Gasteiger partial charge in [-0.2, -0.15) is 18.4 Å². The molecule has 1 fully saturated rings. The molecule has 16 heavy (non-hydrogen) atoms. The lowest BCUT2D eigenvalue weighted by atomic mass is 10.2. The first kappa shape index (κ1) is 12.5. The maximum atomic E-state index is 12.1. The largest absolute Gasteiger partial charge is 0.455 e. The van der Waals surface area contributed by atoms with Crippen LogP contribution in [0.3, 0.4) is 0 Å². The Morgan fingerprint density at radius 3 is 2.38 bits per heavy atom. The van der Waals surface area contributed by atoms with Gasteiger partial charge in [0.1, 0.15) is 11.6 Å². The molecule has 0 bridgehead atoms. The lowest BCUT2D eigenvalue weighted by molar-refractivity contribution is -0.166. The van der Waals surface area contributed by atoms with Gasteiger partial charge in [-0.15, -0.1) is 0 Å². The highest BCUT2D eigenvalue weighted by molar-refractivity contribution is 6.02. The first-order valence-corrected chi connectivity index (χ1v) is 4.50. The number of carbonyl (C=O) groups excluding carboxylic acids is 1. The number of halogens is 3. The van der Waals surface area contributed by atoms with E-state index in [4.69, 9.17) is 10.00 Å². The first-order valence-electron chi connectivity index (χ1n) is 4.50. The van der Waals surface area contributed by atoms with Crippen LogP contribution in [0.25, 0.3) is 0 Å². The summed E-state index contributed by atoms with van der Waals surface area (Å²) in [6, 6.07) is 1.26. The minimum absolute atomic E-state index is 0.370. The van der Waals surface area contributed by atoms with Crippen molar-refractivity contribution in [3.05, 3.63) is 11.8 Å². The Morgan fingerprint density at radius 1 is 1.38 bits per heavy atom. The van der Waals surface area contributed by atoms with Crippen LogP contribution in [0.2, 0.25) is 0 Å². The monoisotopic (exact) mass is 234 g/mol. The quantitative estimate of drug-likeness (QED) is 0.525. The third-order valence-corrected chi connectivity index (χ3v) is 1.98. The van der Waals surface area contributed by atoms with Gasteiger partial charge in [-0.25, -0.2) is 0 Å². The number of ketones is 1. The molecule has 88 valence electrons. The van der Waals surface area contributed by atoms with Crippen molar-refractivity contribution >= 4 is 5.78 Å². The zero-order valence-electron chi connectivity index (χ0n) is 8.25. The summed E-state index contributed by atoms with van der Waals surface area (Å²) < 4.78 is 41.1. The second-order valence-corrected chi connectivity index (χ2v) is 3.13. The Labute approximate surface area is 89.9 Å².